The number of ether oxygens (including phenoxy) is 1. The number of amides is 1. The summed E-state index contributed by atoms with van der Waals surface area (Å²) in [5.41, 5.74) is -0.102. The Morgan fingerprint density at radius 1 is 1.19 bits per heavy atom. The molecule has 2 heterocycles. The van der Waals surface area contributed by atoms with Gasteiger partial charge < -0.3 is 14.9 Å². The molecule has 0 aromatic carbocycles. The summed E-state index contributed by atoms with van der Waals surface area (Å²) >= 11 is 30.4. The Balaban J connectivity index is 0. The predicted molar refractivity (Wildman–Crippen MR) is 125 cm³/mol. The first kappa shape index (κ1) is 33.2. The van der Waals surface area contributed by atoms with Crippen LogP contribution in [-0.2, 0) is 18.9 Å². The van der Waals surface area contributed by atoms with Crippen molar-refractivity contribution in [2.45, 2.75) is 20.3 Å². The molecule has 0 spiro atoms. The van der Waals surface area contributed by atoms with Crippen molar-refractivity contribution in [1.82, 2.24) is 9.97 Å². The monoisotopic (exact) mass is 591 g/mol. The molecule has 1 amide bonds. The molecule has 0 aliphatic carbocycles. The quantitative estimate of drug-likeness (QED) is 0.268. The van der Waals surface area contributed by atoms with E-state index in [1.165, 1.54) is 6.20 Å². The van der Waals surface area contributed by atoms with Crippen molar-refractivity contribution in [2.24, 2.45) is 4.99 Å². The average molecular weight is 594 g/mol. The molecule has 17 heteroatoms. The van der Waals surface area contributed by atoms with Crippen molar-refractivity contribution in [3.63, 3.8) is 0 Å². The number of carbonyl (C=O) groups excluding carboxylic acids is 2. The number of rotatable bonds is 3. The highest BCUT2D eigenvalue weighted by molar-refractivity contribution is 8.24. The van der Waals surface area contributed by atoms with Crippen molar-refractivity contribution < 1.29 is 33.9 Å². The molecule has 10 nitrogen and oxygen atoms in total. The van der Waals surface area contributed by atoms with Crippen LogP contribution in [0.15, 0.2) is 21.8 Å². The first-order chi connectivity index (χ1) is 14.7. The lowest BCUT2D eigenvalue weighted by Crippen LogP contribution is -2.12. The number of carboxylic acid groups (broad SMARTS) is 1. The zero-order valence-electron chi connectivity index (χ0n) is 16.3. The predicted octanol–water partition coefficient (Wildman–Crippen LogP) is 5.33. The van der Waals surface area contributed by atoms with Gasteiger partial charge in [-0.1, -0.05) is 23.2 Å². The van der Waals surface area contributed by atoms with Crippen LogP contribution in [0.25, 0.3) is 0 Å². The largest absolute Gasteiger partial charge is 0.478 e. The normalized spacial score (nSPS) is 12.3. The average Bonchev–Trinajstić information content (AvgIpc) is 2.65. The summed E-state index contributed by atoms with van der Waals surface area (Å²) in [6, 6.07) is 0. The van der Waals surface area contributed by atoms with Gasteiger partial charge in [0.05, 0.1) is 34.9 Å². The molecule has 0 radical (unpaired) electrons. The minimum Gasteiger partial charge on any atom is -0.478 e. The molecule has 0 bridgehead atoms. The van der Waals surface area contributed by atoms with Gasteiger partial charge in [0, 0.05) is 12.8 Å². The molecular weight excluding hydrogens is 578 g/mol. The number of aliphatic hydroxyl groups excluding tert-OH is 1. The Labute approximate surface area is 212 Å². The van der Waals surface area contributed by atoms with Crippen molar-refractivity contribution in [3.8, 4) is 0 Å². The maximum absolute atomic E-state index is 11.2. The number of aliphatic imine (C=N–C) groups is 1. The van der Waals surface area contributed by atoms with E-state index in [0.29, 0.717) is 0 Å². The zero-order valence-corrected chi connectivity index (χ0v) is 21.7. The van der Waals surface area contributed by atoms with Gasteiger partial charge in [0.25, 0.3) is 0 Å². The van der Waals surface area contributed by atoms with Crippen LogP contribution in [0.1, 0.15) is 30.8 Å². The molecule has 2 N–H and O–H groups in total. The molecule has 32 heavy (non-hydrogen) atoms. The van der Waals surface area contributed by atoms with E-state index in [1.807, 2.05) is 0 Å². The molecule has 180 valence electrons. The smallest absolute Gasteiger partial charge is 0.358 e. The highest BCUT2D eigenvalue weighted by Gasteiger charge is 2.19. The lowest BCUT2D eigenvalue weighted by molar-refractivity contribution is -0.133. The van der Waals surface area contributed by atoms with E-state index in [4.69, 9.17) is 49.8 Å². The number of hydrogen-bond acceptors (Lipinski definition) is 8. The first-order valence-corrected chi connectivity index (χ1v) is 13.6. The van der Waals surface area contributed by atoms with Crippen molar-refractivity contribution in [2.75, 3.05) is 13.2 Å². The maximum Gasteiger partial charge on any atom is 0.358 e. The highest BCUT2D eigenvalue weighted by atomic mass is 36.0. The first-order valence-electron chi connectivity index (χ1n) is 8.01. The number of allylic oxidation sites excluding steroid dienone is 1. The van der Waals surface area contributed by atoms with Crippen LogP contribution >= 0.6 is 73.7 Å². The van der Waals surface area contributed by atoms with Crippen LogP contribution in [0, 0.1) is 0 Å². The van der Waals surface area contributed by atoms with Crippen molar-refractivity contribution in [3.05, 3.63) is 32.8 Å². The van der Waals surface area contributed by atoms with E-state index in [9.17, 15) is 18.9 Å². The molecule has 1 aromatic heterocycles. The molecule has 1 aromatic rings. The van der Waals surface area contributed by atoms with Gasteiger partial charge in [-0.25, -0.2) is 24.5 Å². The number of aromatic nitrogens is 2. The standard InChI is InChI=1S/C7H6Cl2N2O2.C6H4ClNO3.C2H6O.Cl3OP/c1-2-13-6(12)5-4(8)3-10-7(9)11-5;7-4-2-8-5(9)1-3(4)6(10)11;1-2-3;1-5(2,3)4/h3H,2H2,1H3;2H,1H2,(H,10,11);3H,2H2,1H3;. The Hall–Kier alpha value is -0.970. The van der Waals surface area contributed by atoms with Crippen LogP contribution < -0.4 is 0 Å². The summed E-state index contributed by atoms with van der Waals surface area (Å²) in [6.45, 7) is 3.88. The van der Waals surface area contributed by atoms with Gasteiger partial charge >= 0.3 is 17.1 Å². The number of nitrogens with zero attached hydrogens (tertiary/aromatic N) is 3. The van der Waals surface area contributed by atoms with Gasteiger partial charge in [-0.3, -0.25) is 9.36 Å². The van der Waals surface area contributed by atoms with Crippen LogP contribution in [0.2, 0.25) is 10.3 Å². The summed E-state index contributed by atoms with van der Waals surface area (Å²) in [6.07, 6.45) is 2.09. The molecule has 0 fully saturated rings. The summed E-state index contributed by atoms with van der Waals surface area (Å²) in [7, 11) is 0. The van der Waals surface area contributed by atoms with Gasteiger partial charge in [-0.2, -0.15) is 0 Å². The van der Waals surface area contributed by atoms with Crippen molar-refractivity contribution >= 4 is 97.8 Å². The second kappa shape index (κ2) is 17.5. The molecule has 0 saturated carbocycles. The number of carbonyl (C=O) groups is 3. The van der Waals surface area contributed by atoms with Gasteiger partial charge in [0.15, 0.2) is 5.69 Å². The van der Waals surface area contributed by atoms with E-state index in [1.54, 1.807) is 13.8 Å². The maximum atomic E-state index is 11.2. The van der Waals surface area contributed by atoms with Crippen molar-refractivity contribution in [1.29, 1.82) is 0 Å². The second-order valence-electron chi connectivity index (χ2n) is 4.73. The lowest BCUT2D eigenvalue weighted by Gasteiger charge is -2.04. The van der Waals surface area contributed by atoms with Crippen LogP contribution in [-0.4, -0.2) is 57.5 Å². The van der Waals surface area contributed by atoms with Crippen LogP contribution in [0.4, 0.5) is 0 Å². The van der Waals surface area contributed by atoms with Gasteiger partial charge in [0.2, 0.25) is 11.2 Å². The number of aliphatic hydroxyl groups is 1. The topological polar surface area (TPSA) is 156 Å². The molecule has 0 unspecified atom stereocenters. The number of esters is 1. The summed E-state index contributed by atoms with van der Waals surface area (Å²) < 4.78 is 14.2. The van der Waals surface area contributed by atoms with Gasteiger partial charge in [-0.15, -0.1) is 0 Å². The number of hydrogen-bond donors (Lipinski definition) is 2. The Morgan fingerprint density at radius 3 is 2.09 bits per heavy atom. The SMILES string of the molecule is CCO.CCOC(=O)c1nc(Cl)ncc1Cl.O=C1CC(C(=O)O)=C(Cl)C=N1.O=P(Cl)(Cl)Cl. The summed E-state index contributed by atoms with van der Waals surface area (Å²) in [5, 5.41) is 12.9. The second-order valence-corrected chi connectivity index (χ2v) is 12.5. The minimum absolute atomic E-state index is 0.0106. The Kier molecular flexibility index (Phi) is 18.2. The summed E-state index contributed by atoms with van der Waals surface area (Å²) in [5.74, 6) is -2.25. The zero-order chi connectivity index (χ0) is 25.5. The molecule has 1 aliphatic heterocycles. The van der Waals surface area contributed by atoms with E-state index in [0.717, 1.165) is 6.21 Å². The Morgan fingerprint density at radius 2 is 1.69 bits per heavy atom. The third-order valence-corrected chi connectivity index (χ3v) is 3.16. The van der Waals surface area contributed by atoms with Gasteiger partial charge in [-0.05, 0) is 59.2 Å². The van der Waals surface area contributed by atoms with Crippen LogP contribution in [0.5, 0.6) is 0 Å². The van der Waals surface area contributed by atoms with E-state index < -0.39 is 23.0 Å². The fourth-order valence-corrected chi connectivity index (χ4v) is 1.85. The lowest BCUT2D eigenvalue weighted by atomic mass is 10.1. The number of aliphatic carboxylic acids is 1. The number of carboxylic acids is 1. The van der Waals surface area contributed by atoms with E-state index in [-0.39, 0.29) is 46.2 Å². The van der Waals surface area contributed by atoms with E-state index >= 15 is 0 Å². The fourth-order valence-electron chi connectivity index (χ4n) is 1.35. The number of dihydropyridines is 1. The third-order valence-electron chi connectivity index (χ3n) is 2.38. The minimum atomic E-state index is -3.22. The molecule has 0 saturated heterocycles. The molecule has 2 rings (SSSR count). The van der Waals surface area contributed by atoms with Gasteiger partial charge in [0.1, 0.15) is 0 Å². The highest BCUT2D eigenvalue weighted by Crippen LogP contribution is 2.61. The third kappa shape index (κ3) is 17.6. The Bertz CT molecular complexity index is 899. The van der Waals surface area contributed by atoms with Crippen LogP contribution in [0.3, 0.4) is 0 Å². The number of halogens is 6. The van der Waals surface area contributed by atoms with E-state index in [2.05, 4.69) is 48.7 Å². The molecular formula is C15H16Cl6N3O7P. The molecule has 1 aliphatic rings. The molecule has 0 atom stereocenters. The fraction of sp³-hybridized carbons (Fsp3) is 0.333. The summed E-state index contributed by atoms with van der Waals surface area (Å²) in [4.78, 5) is 42.6.